The van der Waals surface area contributed by atoms with Crippen molar-refractivity contribution in [2.24, 2.45) is 0 Å². The van der Waals surface area contributed by atoms with Gasteiger partial charge in [-0.15, -0.1) is 12.4 Å². The van der Waals surface area contributed by atoms with Gasteiger partial charge in [0.25, 0.3) is 5.91 Å². The van der Waals surface area contributed by atoms with E-state index in [1.165, 1.54) is 5.56 Å². The van der Waals surface area contributed by atoms with Gasteiger partial charge in [-0.1, -0.05) is 24.3 Å². The minimum absolute atomic E-state index is 0. The molecule has 1 aromatic rings. The smallest absolute Gasteiger partial charge is 0.256 e. The third-order valence-electron chi connectivity index (χ3n) is 4.27. The van der Waals surface area contributed by atoms with Crippen LogP contribution in [0.15, 0.2) is 24.3 Å². The van der Waals surface area contributed by atoms with Gasteiger partial charge in [-0.25, -0.2) is 0 Å². The van der Waals surface area contributed by atoms with Crippen molar-refractivity contribution in [3.63, 3.8) is 0 Å². The molecule has 2 aliphatic rings. The summed E-state index contributed by atoms with van der Waals surface area (Å²) in [5.41, 5.74) is 2.29. The zero-order valence-electron chi connectivity index (χ0n) is 12.5. The molecule has 0 spiro atoms. The molecule has 0 aromatic heterocycles. The van der Waals surface area contributed by atoms with E-state index >= 15 is 0 Å². The van der Waals surface area contributed by atoms with Gasteiger partial charge in [-0.3, -0.25) is 4.79 Å². The van der Waals surface area contributed by atoms with Gasteiger partial charge in [0, 0.05) is 25.2 Å². The van der Waals surface area contributed by atoms with Gasteiger partial charge in [-0.2, -0.15) is 0 Å². The number of carbonyl (C=O) groups excluding carboxylic acids is 1. The maximum absolute atomic E-state index is 12.8. The molecule has 0 aliphatic carbocycles. The van der Waals surface area contributed by atoms with Crippen molar-refractivity contribution in [2.45, 2.75) is 38.5 Å². The number of nitrogens with zero attached hydrogens (tertiary/aromatic N) is 1. The Labute approximate surface area is 132 Å². The molecule has 3 unspecified atom stereocenters. The lowest BCUT2D eigenvalue weighted by atomic mass is 9.96. The first kappa shape index (κ1) is 16.3. The second kappa shape index (κ2) is 6.77. The summed E-state index contributed by atoms with van der Waals surface area (Å²) in [6.45, 7) is 6.43. The molecule has 1 aromatic carbocycles. The van der Waals surface area contributed by atoms with Gasteiger partial charge < -0.3 is 15.0 Å². The Balaban J connectivity index is 0.00000161. The van der Waals surface area contributed by atoms with E-state index in [4.69, 9.17) is 4.74 Å². The van der Waals surface area contributed by atoms with Crippen molar-refractivity contribution < 1.29 is 9.53 Å². The second-order valence-corrected chi connectivity index (χ2v) is 5.85. The van der Waals surface area contributed by atoms with Crippen LogP contribution in [0.1, 0.15) is 31.1 Å². The Kier molecular flexibility index (Phi) is 5.25. The lowest BCUT2D eigenvalue weighted by Crippen LogP contribution is -2.57. The molecule has 1 fully saturated rings. The largest absolute Gasteiger partial charge is 0.363 e. The highest BCUT2D eigenvalue weighted by Gasteiger charge is 2.35. The number of halogens is 1. The summed E-state index contributed by atoms with van der Waals surface area (Å²) in [5, 5.41) is 3.40. The van der Waals surface area contributed by atoms with Crippen molar-refractivity contribution in [1.29, 1.82) is 0 Å². The molecule has 5 heteroatoms. The van der Waals surface area contributed by atoms with Crippen LogP contribution < -0.4 is 5.32 Å². The summed E-state index contributed by atoms with van der Waals surface area (Å²) < 4.78 is 5.79. The van der Waals surface area contributed by atoms with Crippen LogP contribution in [0.4, 0.5) is 0 Å². The van der Waals surface area contributed by atoms with Crippen LogP contribution in [-0.2, 0) is 16.0 Å². The summed E-state index contributed by atoms with van der Waals surface area (Å²) in [5.74, 6) is 0.109. The number of hydrogen-bond acceptors (Lipinski definition) is 3. The molecule has 1 N–H and O–H groups in total. The highest BCUT2D eigenvalue weighted by Crippen LogP contribution is 2.29. The molecular formula is C16H23ClN2O2. The quantitative estimate of drug-likeness (QED) is 0.862. The van der Waals surface area contributed by atoms with E-state index in [1.54, 1.807) is 0 Å². The van der Waals surface area contributed by atoms with Crippen LogP contribution in [0.25, 0.3) is 0 Å². The van der Waals surface area contributed by atoms with E-state index in [9.17, 15) is 4.79 Å². The number of piperazine rings is 1. The first-order valence-electron chi connectivity index (χ1n) is 7.40. The fourth-order valence-corrected chi connectivity index (χ4v) is 3.08. The molecular weight excluding hydrogens is 288 g/mol. The minimum Gasteiger partial charge on any atom is -0.363 e. The lowest BCUT2D eigenvalue weighted by Gasteiger charge is -2.40. The van der Waals surface area contributed by atoms with E-state index in [1.807, 2.05) is 23.1 Å². The van der Waals surface area contributed by atoms with Crippen molar-refractivity contribution in [2.75, 3.05) is 19.7 Å². The maximum atomic E-state index is 12.8. The molecule has 21 heavy (non-hydrogen) atoms. The number of fused-ring (bicyclic) bond motifs is 1. The van der Waals surface area contributed by atoms with Gasteiger partial charge in [-0.05, 0) is 31.4 Å². The molecule has 2 aliphatic heterocycles. The van der Waals surface area contributed by atoms with Crippen molar-refractivity contribution in [3.05, 3.63) is 35.4 Å². The summed E-state index contributed by atoms with van der Waals surface area (Å²) in [7, 11) is 0. The first-order chi connectivity index (χ1) is 9.66. The van der Waals surface area contributed by atoms with Gasteiger partial charge >= 0.3 is 0 Å². The lowest BCUT2D eigenvalue weighted by molar-refractivity contribution is -0.148. The second-order valence-electron chi connectivity index (χ2n) is 5.85. The van der Waals surface area contributed by atoms with Gasteiger partial charge in [0.1, 0.15) is 0 Å². The van der Waals surface area contributed by atoms with Crippen LogP contribution in [0.5, 0.6) is 0 Å². The van der Waals surface area contributed by atoms with E-state index in [-0.39, 0.29) is 24.4 Å². The molecule has 1 amide bonds. The number of carbonyl (C=O) groups is 1. The summed E-state index contributed by atoms with van der Waals surface area (Å²) in [6.07, 6.45) is 0.473. The standard InChI is InChI=1S/C16H22N2O2.ClH/c1-11-10-18(12(2)9-17-11)16(19)15-14-6-4-3-5-13(14)7-8-20-15;/h3-6,11-12,15,17H,7-10H2,1-2H3;1H. The summed E-state index contributed by atoms with van der Waals surface area (Å²) in [6, 6.07) is 8.69. The fraction of sp³-hybridized carbons (Fsp3) is 0.562. The van der Waals surface area contributed by atoms with E-state index < -0.39 is 6.10 Å². The Morgan fingerprint density at radius 1 is 1.33 bits per heavy atom. The molecule has 0 bridgehead atoms. The van der Waals surface area contributed by atoms with Crippen LogP contribution in [0.2, 0.25) is 0 Å². The highest BCUT2D eigenvalue weighted by molar-refractivity contribution is 5.85. The third kappa shape index (κ3) is 3.23. The molecule has 0 radical (unpaired) electrons. The molecule has 3 rings (SSSR count). The Morgan fingerprint density at radius 2 is 2.10 bits per heavy atom. The highest BCUT2D eigenvalue weighted by atomic mass is 35.5. The van der Waals surface area contributed by atoms with Crippen LogP contribution >= 0.6 is 12.4 Å². The van der Waals surface area contributed by atoms with Gasteiger partial charge in [0.05, 0.1) is 6.61 Å². The van der Waals surface area contributed by atoms with Crippen molar-refractivity contribution in [3.8, 4) is 0 Å². The SMILES string of the molecule is CC1CN(C(=O)C2OCCc3ccccc32)C(C)CN1.Cl. The number of rotatable bonds is 1. The third-order valence-corrected chi connectivity index (χ3v) is 4.27. The van der Waals surface area contributed by atoms with E-state index in [0.29, 0.717) is 12.6 Å². The zero-order valence-corrected chi connectivity index (χ0v) is 13.4. The number of benzene rings is 1. The Hall–Kier alpha value is -1.10. The maximum Gasteiger partial charge on any atom is 0.256 e. The van der Waals surface area contributed by atoms with Crippen LogP contribution in [0.3, 0.4) is 0 Å². The van der Waals surface area contributed by atoms with Crippen LogP contribution in [0, 0.1) is 0 Å². The molecule has 3 atom stereocenters. The van der Waals surface area contributed by atoms with E-state index in [2.05, 4.69) is 25.2 Å². The summed E-state index contributed by atoms with van der Waals surface area (Å²) >= 11 is 0. The monoisotopic (exact) mass is 310 g/mol. The van der Waals surface area contributed by atoms with Crippen LogP contribution in [-0.4, -0.2) is 42.6 Å². The molecule has 2 heterocycles. The Morgan fingerprint density at radius 3 is 2.90 bits per heavy atom. The van der Waals surface area contributed by atoms with E-state index in [0.717, 1.165) is 25.1 Å². The number of hydrogen-bond donors (Lipinski definition) is 1. The Bertz CT molecular complexity index is 509. The number of ether oxygens (including phenoxy) is 1. The fourth-order valence-electron chi connectivity index (χ4n) is 3.08. The average Bonchev–Trinajstić information content (AvgIpc) is 2.48. The number of nitrogens with one attached hydrogen (secondary N) is 1. The van der Waals surface area contributed by atoms with Gasteiger partial charge in [0.15, 0.2) is 6.10 Å². The molecule has 116 valence electrons. The predicted molar refractivity (Wildman–Crippen MR) is 84.7 cm³/mol. The first-order valence-corrected chi connectivity index (χ1v) is 7.40. The van der Waals surface area contributed by atoms with Crippen molar-refractivity contribution in [1.82, 2.24) is 10.2 Å². The van der Waals surface area contributed by atoms with Gasteiger partial charge in [0.2, 0.25) is 0 Å². The summed E-state index contributed by atoms with van der Waals surface area (Å²) in [4.78, 5) is 14.8. The average molecular weight is 311 g/mol. The molecule has 4 nitrogen and oxygen atoms in total. The molecule has 0 saturated carbocycles. The van der Waals surface area contributed by atoms with Crippen molar-refractivity contribution >= 4 is 18.3 Å². The molecule has 1 saturated heterocycles. The normalized spacial score (nSPS) is 28.5. The predicted octanol–water partition coefficient (Wildman–Crippen LogP) is 1.93. The topological polar surface area (TPSA) is 41.6 Å². The minimum atomic E-state index is -0.423. The zero-order chi connectivity index (χ0) is 14.1. The number of amides is 1.